The van der Waals surface area contributed by atoms with Crippen molar-refractivity contribution in [2.75, 3.05) is 0 Å². The van der Waals surface area contributed by atoms with Crippen molar-refractivity contribution in [1.29, 1.82) is 0 Å². The van der Waals surface area contributed by atoms with Crippen molar-refractivity contribution in [1.82, 2.24) is 0 Å². The van der Waals surface area contributed by atoms with Crippen LogP contribution >= 0.6 is 0 Å². The van der Waals surface area contributed by atoms with Gasteiger partial charge in [-0.25, -0.2) is 0 Å². The van der Waals surface area contributed by atoms with Gasteiger partial charge in [-0.05, 0) is 23.3 Å². The second-order valence-corrected chi connectivity index (χ2v) is 5.14. The summed E-state index contributed by atoms with van der Waals surface area (Å²) in [7, 11) is 0. The lowest BCUT2D eigenvalue weighted by atomic mass is 9.72. The van der Waals surface area contributed by atoms with Gasteiger partial charge < -0.3 is 0 Å². The predicted octanol–water partition coefficient (Wildman–Crippen LogP) is 5.33. The molecule has 0 heterocycles. The van der Waals surface area contributed by atoms with Crippen LogP contribution in [0.2, 0.25) is 0 Å². The zero-order chi connectivity index (χ0) is 11.3. The Bertz CT molecular complexity index is 271. The fourth-order valence-electron chi connectivity index (χ4n) is 2.16. The molecular formula is C16H28. The Morgan fingerprint density at radius 3 is 2.06 bits per heavy atom. The van der Waals surface area contributed by atoms with Crippen LogP contribution in [-0.2, 0) is 6.42 Å². The van der Waals surface area contributed by atoms with Crippen LogP contribution in [0.15, 0.2) is 30.3 Å². The van der Waals surface area contributed by atoms with Gasteiger partial charge in [0.25, 0.3) is 0 Å². The molecular weight excluding hydrogens is 192 g/mol. The summed E-state index contributed by atoms with van der Waals surface area (Å²) in [6.07, 6.45) is 3.76. The van der Waals surface area contributed by atoms with E-state index in [1.54, 1.807) is 0 Å². The molecule has 16 heavy (non-hydrogen) atoms. The Balaban J connectivity index is 0.00000225. The molecule has 0 saturated heterocycles. The highest BCUT2D eigenvalue weighted by atomic mass is 14.3. The second-order valence-electron chi connectivity index (χ2n) is 5.14. The summed E-state index contributed by atoms with van der Waals surface area (Å²) in [5.74, 6) is 0.796. The summed E-state index contributed by atoms with van der Waals surface area (Å²) >= 11 is 0. The van der Waals surface area contributed by atoms with Crippen LogP contribution in [0, 0.1) is 11.3 Å². The number of rotatable bonds is 5. The lowest BCUT2D eigenvalue weighted by Crippen LogP contribution is -2.24. The summed E-state index contributed by atoms with van der Waals surface area (Å²) in [5, 5.41) is 0. The van der Waals surface area contributed by atoms with E-state index in [0.717, 1.165) is 5.92 Å². The summed E-state index contributed by atoms with van der Waals surface area (Å²) in [6, 6.07) is 10.9. The van der Waals surface area contributed by atoms with Gasteiger partial charge in [0, 0.05) is 0 Å². The monoisotopic (exact) mass is 220 g/mol. The number of benzene rings is 1. The molecule has 0 aromatic heterocycles. The molecule has 1 aromatic carbocycles. The minimum absolute atomic E-state index is 0. The van der Waals surface area contributed by atoms with Crippen LogP contribution in [0.1, 0.15) is 53.5 Å². The SMILES string of the molecule is C.CCC(Cc1ccccc1)C(C)(C)CC. The van der Waals surface area contributed by atoms with Crippen molar-refractivity contribution in [3.8, 4) is 0 Å². The van der Waals surface area contributed by atoms with Gasteiger partial charge in [0.15, 0.2) is 0 Å². The van der Waals surface area contributed by atoms with Crippen LogP contribution in [0.4, 0.5) is 0 Å². The summed E-state index contributed by atoms with van der Waals surface area (Å²) in [5.41, 5.74) is 1.94. The third-order valence-electron chi connectivity index (χ3n) is 3.83. The molecule has 0 amide bonds. The minimum Gasteiger partial charge on any atom is -0.0776 e. The highest BCUT2D eigenvalue weighted by molar-refractivity contribution is 5.15. The van der Waals surface area contributed by atoms with E-state index in [-0.39, 0.29) is 7.43 Å². The van der Waals surface area contributed by atoms with Gasteiger partial charge in [0.2, 0.25) is 0 Å². The van der Waals surface area contributed by atoms with Crippen LogP contribution < -0.4 is 0 Å². The molecule has 0 spiro atoms. The molecule has 0 N–H and O–H groups in total. The van der Waals surface area contributed by atoms with Crippen LogP contribution in [0.3, 0.4) is 0 Å². The number of hydrogen-bond acceptors (Lipinski definition) is 0. The zero-order valence-corrected chi connectivity index (χ0v) is 10.6. The van der Waals surface area contributed by atoms with Gasteiger partial charge in [-0.3, -0.25) is 0 Å². The Morgan fingerprint density at radius 2 is 1.62 bits per heavy atom. The van der Waals surface area contributed by atoms with Crippen molar-refractivity contribution in [2.45, 2.75) is 54.4 Å². The van der Waals surface area contributed by atoms with Crippen molar-refractivity contribution in [3.63, 3.8) is 0 Å². The Kier molecular flexibility index (Phi) is 6.40. The predicted molar refractivity (Wildman–Crippen MR) is 74.7 cm³/mol. The lowest BCUT2D eigenvalue weighted by Gasteiger charge is -2.33. The summed E-state index contributed by atoms with van der Waals surface area (Å²) in [4.78, 5) is 0. The first-order valence-electron chi connectivity index (χ1n) is 6.14. The molecule has 0 aliphatic rings. The van der Waals surface area contributed by atoms with E-state index in [1.165, 1.54) is 24.8 Å². The maximum absolute atomic E-state index is 2.39. The van der Waals surface area contributed by atoms with E-state index in [2.05, 4.69) is 58.0 Å². The first-order chi connectivity index (χ1) is 7.10. The van der Waals surface area contributed by atoms with Crippen molar-refractivity contribution >= 4 is 0 Å². The summed E-state index contributed by atoms with van der Waals surface area (Å²) < 4.78 is 0. The van der Waals surface area contributed by atoms with Crippen LogP contribution in [0.5, 0.6) is 0 Å². The van der Waals surface area contributed by atoms with E-state index in [9.17, 15) is 0 Å². The topological polar surface area (TPSA) is 0 Å². The van der Waals surface area contributed by atoms with E-state index in [0.29, 0.717) is 5.41 Å². The normalized spacial score (nSPS) is 13.0. The molecule has 92 valence electrons. The van der Waals surface area contributed by atoms with Gasteiger partial charge in [0.05, 0.1) is 0 Å². The lowest BCUT2D eigenvalue weighted by molar-refractivity contribution is 0.196. The fourth-order valence-corrected chi connectivity index (χ4v) is 2.16. The average molecular weight is 220 g/mol. The minimum atomic E-state index is 0. The van der Waals surface area contributed by atoms with Crippen molar-refractivity contribution in [2.24, 2.45) is 11.3 Å². The molecule has 0 radical (unpaired) electrons. The highest BCUT2D eigenvalue weighted by Gasteiger charge is 2.25. The average Bonchev–Trinajstić information content (AvgIpc) is 2.27. The van der Waals surface area contributed by atoms with Gasteiger partial charge >= 0.3 is 0 Å². The Morgan fingerprint density at radius 1 is 1.06 bits per heavy atom. The molecule has 1 unspecified atom stereocenters. The molecule has 0 nitrogen and oxygen atoms in total. The van der Waals surface area contributed by atoms with Crippen LogP contribution in [0.25, 0.3) is 0 Å². The highest BCUT2D eigenvalue weighted by Crippen LogP contribution is 2.35. The smallest absolute Gasteiger partial charge is 0.0245 e. The zero-order valence-electron chi connectivity index (χ0n) is 10.6. The molecule has 0 fully saturated rings. The van der Waals surface area contributed by atoms with E-state index < -0.39 is 0 Å². The molecule has 1 atom stereocenters. The van der Waals surface area contributed by atoms with Gasteiger partial charge in [-0.15, -0.1) is 0 Å². The standard InChI is InChI=1S/C15H24.CH4/c1-5-14(15(3,4)6-2)12-13-10-8-7-9-11-13;/h7-11,14H,5-6,12H2,1-4H3;1H4. The van der Waals surface area contributed by atoms with Crippen LogP contribution in [-0.4, -0.2) is 0 Å². The molecule has 0 heteroatoms. The molecule has 0 aliphatic heterocycles. The van der Waals surface area contributed by atoms with Gasteiger partial charge in [-0.1, -0.05) is 78.3 Å². The molecule has 0 saturated carbocycles. The third-order valence-corrected chi connectivity index (χ3v) is 3.83. The van der Waals surface area contributed by atoms with E-state index in [4.69, 9.17) is 0 Å². The number of hydrogen-bond donors (Lipinski definition) is 0. The second kappa shape index (κ2) is 6.73. The van der Waals surface area contributed by atoms with Gasteiger partial charge in [-0.2, -0.15) is 0 Å². The third kappa shape index (κ3) is 4.00. The maximum Gasteiger partial charge on any atom is -0.0245 e. The van der Waals surface area contributed by atoms with Crippen molar-refractivity contribution in [3.05, 3.63) is 35.9 Å². The quantitative estimate of drug-likeness (QED) is 0.629. The van der Waals surface area contributed by atoms with Crippen molar-refractivity contribution < 1.29 is 0 Å². The Hall–Kier alpha value is -0.780. The largest absolute Gasteiger partial charge is 0.0776 e. The molecule has 0 bridgehead atoms. The molecule has 0 aliphatic carbocycles. The summed E-state index contributed by atoms with van der Waals surface area (Å²) in [6.45, 7) is 9.40. The Labute approximate surface area is 102 Å². The van der Waals surface area contributed by atoms with E-state index in [1.807, 2.05) is 0 Å². The maximum atomic E-state index is 2.39. The first-order valence-corrected chi connectivity index (χ1v) is 6.14. The van der Waals surface area contributed by atoms with Gasteiger partial charge in [0.1, 0.15) is 0 Å². The first kappa shape index (κ1) is 15.2. The van der Waals surface area contributed by atoms with E-state index >= 15 is 0 Å². The molecule has 1 aromatic rings. The molecule has 1 rings (SSSR count). The fraction of sp³-hybridized carbons (Fsp3) is 0.625.